The SMILES string of the molecule is CCCCc1c(CO)c(CO)c(CCCC)c2cc3c(CC)c(CC)c(CC)c(CC)c3cc12. The van der Waals surface area contributed by atoms with Gasteiger partial charge in [0, 0.05) is 0 Å². The predicted molar refractivity (Wildman–Crippen MR) is 148 cm³/mol. The van der Waals surface area contributed by atoms with E-state index in [2.05, 4.69) is 53.7 Å². The van der Waals surface area contributed by atoms with Gasteiger partial charge in [0.1, 0.15) is 0 Å². The monoisotopic (exact) mass is 462 g/mol. The van der Waals surface area contributed by atoms with E-state index in [0.717, 1.165) is 75.3 Å². The second-order valence-electron chi connectivity index (χ2n) is 9.71. The van der Waals surface area contributed by atoms with Gasteiger partial charge in [0.25, 0.3) is 0 Å². The summed E-state index contributed by atoms with van der Waals surface area (Å²) in [5, 5.41) is 26.4. The molecule has 3 aromatic rings. The average molecular weight is 463 g/mol. The van der Waals surface area contributed by atoms with E-state index >= 15 is 0 Å². The molecule has 34 heavy (non-hydrogen) atoms. The van der Waals surface area contributed by atoms with Crippen LogP contribution in [0.4, 0.5) is 0 Å². The molecule has 0 aliphatic carbocycles. The van der Waals surface area contributed by atoms with Crippen molar-refractivity contribution in [3.63, 3.8) is 0 Å². The van der Waals surface area contributed by atoms with Crippen molar-refractivity contribution in [1.82, 2.24) is 0 Å². The van der Waals surface area contributed by atoms with Gasteiger partial charge in [0.2, 0.25) is 0 Å². The molecule has 0 heterocycles. The van der Waals surface area contributed by atoms with Crippen molar-refractivity contribution < 1.29 is 10.2 Å². The van der Waals surface area contributed by atoms with E-state index in [1.54, 1.807) is 11.1 Å². The topological polar surface area (TPSA) is 40.5 Å². The zero-order valence-electron chi connectivity index (χ0n) is 22.5. The van der Waals surface area contributed by atoms with Crippen LogP contribution in [0.15, 0.2) is 12.1 Å². The van der Waals surface area contributed by atoms with Crippen LogP contribution in [-0.4, -0.2) is 10.2 Å². The van der Waals surface area contributed by atoms with Crippen molar-refractivity contribution in [3.8, 4) is 0 Å². The van der Waals surface area contributed by atoms with Gasteiger partial charge in [0.05, 0.1) is 13.2 Å². The molecule has 0 saturated heterocycles. The van der Waals surface area contributed by atoms with Gasteiger partial charge in [-0.1, -0.05) is 54.4 Å². The second kappa shape index (κ2) is 12.2. The van der Waals surface area contributed by atoms with Crippen molar-refractivity contribution in [2.75, 3.05) is 0 Å². The third kappa shape index (κ3) is 4.64. The zero-order valence-corrected chi connectivity index (χ0v) is 22.5. The molecule has 0 atom stereocenters. The van der Waals surface area contributed by atoms with Gasteiger partial charge in [-0.05, 0) is 130 Å². The summed E-state index contributed by atoms with van der Waals surface area (Å²) in [4.78, 5) is 0. The second-order valence-corrected chi connectivity index (χ2v) is 9.71. The number of aliphatic hydroxyl groups is 2. The molecule has 186 valence electrons. The predicted octanol–water partition coefficient (Wildman–Crippen LogP) is 7.91. The van der Waals surface area contributed by atoms with Crippen LogP contribution in [0.5, 0.6) is 0 Å². The van der Waals surface area contributed by atoms with Gasteiger partial charge < -0.3 is 10.2 Å². The lowest BCUT2D eigenvalue weighted by Crippen LogP contribution is -2.09. The number of hydrogen-bond donors (Lipinski definition) is 2. The first-order valence-corrected chi connectivity index (χ1v) is 13.9. The normalized spacial score (nSPS) is 11.8. The lowest BCUT2D eigenvalue weighted by atomic mass is 9.80. The molecule has 0 bridgehead atoms. The summed E-state index contributed by atoms with van der Waals surface area (Å²) in [5.74, 6) is 0. The number of rotatable bonds is 12. The van der Waals surface area contributed by atoms with E-state index in [0.29, 0.717) is 0 Å². The molecule has 2 N–H and O–H groups in total. The van der Waals surface area contributed by atoms with Crippen LogP contribution in [0, 0.1) is 0 Å². The molecule has 0 fully saturated rings. The number of benzene rings is 3. The van der Waals surface area contributed by atoms with E-state index in [1.165, 1.54) is 43.8 Å². The van der Waals surface area contributed by atoms with E-state index in [1.807, 2.05) is 0 Å². The van der Waals surface area contributed by atoms with Crippen molar-refractivity contribution in [1.29, 1.82) is 0 Å². The van der Waals surface area contributed by atoms with Gasteiger partial charge in [0.15, 0.2) is 0 Å². The minimum atomic E-state index is -0.00211. The summed E-state index contributed by atoms with van der Waals surface area (Å²) >= 11 is 0. The highest BCUT2D eigenvalue weighted by molar-refractivity contribution is 6.05. The fourth-order valence-electron chi connectivity index (χ4n) is 6.30. The van der Waals surface area contributed by atoms with Gasteiger partial charge >= 0.3 is 0 Å². The summed E-state index contributed by atoms with van der Waals surface area (Å²) < 4.78 is 0. The number of aliphatic hydroxyl groups excluding tert-OH is 2. The maximum atomic E-state index is 10.5. The first-order chi connectivity index (χ1) is 16.6. The minimum absolute atomic E-state index is 0.00211. The molecule has 2 nitrogen and oxygen atoms in total. The third-order valence-electron chi connectivity index (χ3n) is 7.93. The third-order valence-corrected chi connectivity index (χ3v) is 7.93. The van der Waals surface area contributed by atoms with Gasteiger partial charge in [-0.25, -0.2) is 0 Å². The first kappa shape index (κ1) is 26.7. The molecule has 0 aliphatic heterocycles. The van der Waals surface area contributed by atoms with Crippen LogP contribution < -0.4 is 0 Å². The highest BCUT2D eigenvalue weighted by atomic mass is 16.3. The van der Waals surface area contributed by atoms with Crippen LogP contribution in [-0.2, 0) is 51.7 Å². The summed E-state index contributed by atoms with van der Waals surface area (Å²) in [6, 6.07) is 4.92. The van der Waals surface area contributed by atoms with E-state index in [-0.39, 0.29) is 13.2 Å². The first-order valence-electron chi connectivity index (χ1n) is 13.9. The Hall–Kier alpha value is -1.90. The quantitative estimate of drug-likeness (QED) is 0.268. The van der Waals surface area contributed by atoms with Crippen LogP contribution in [0.25, 0.3) is 21.5 Å². The standard InChI is InChI=1S/C32H46O2/c1-7-13-15-25-29-17-27-23(11-5)21(9-3)22(10-4)24(12-6)28(27)18-30(29)26(16-14-8-2)32(20-34)31(25)19-33/h17-18,33-34H,7-16,19-20H2,1-6H3. The van der Waals surface area contributed by atoms with Crippen LogP contribution in [0.3, 0.4) is 0 Å². The van der Waals surface area contributed by atoms with Crippen molar-refractivity contribution >= 4 is 21.5 Å². The summed E-state index contributed by atoms with van der Waals surface area (Å²) in [6.45, 7) is 13.6. The molecule has 0 aliphatic rings. The number of aryl methyl sites for hydroxylation is 4. The molecule has 3 rings (SSSR count). The Morgan fingerprint density at radius 2 is 0.765 bits per heavy atom. The van der Waals surface area contributed by atoms with Crippen LogP contribution in [0.2, 0.25) is 0 Å². The number of hydrogen-bond acceptors (Lipinski definition) is 2. The summed E-state index contributed by atoms with van der Waals surface area (Å²) in [7, 11) is 0. The molecule has 0 saturated carbocycles. The lowest BCUT2D eigenvalue weighted by molar-refractivity contribution is 0.258. The maximum Gasteiger partial charge on any atom is 0.0688 e. The van der Waals surface area contributed by atoms with Gasteiger partial charge in [-0.3, -0.25) is 0 Å². The largest absolute Gasteiger partial charge is 0.392 e. The average Bonchev–Trinajstić information content (AvgIpc) is 2.87. The van der Waals surface area contributed by atoms with E-state index < -0.39 is 0 Å². The number of unbranched alkanes of at least 4 members (excludes halogenated alkanes) is 2. The molecule has 0 aromatic heterocycles. The number of fused-ring (bicyclic) bond motifs is 2. The van der Waals surface area contributed by atoms with Crippen molar-refractivity contribution in [3.05, 3.63) is 56.6 Å². The Bertz CT molecular complexity index is 1050. The molecule has 0 spiro atoms. The Kier molecular flexibility index (Phi) is 9.56. The smallest absolute Gasteiger partial charge is 0.0688 e. The van der Waals surface area contributed by atoms with Crippen molar-refractivity contribution in [2.24, 2.45) is 0 Å². The molecule has 3 aromatic carbocycles. The Morgan fingerprint density at radius 1 is 0.441 bits per heavy atom. The lowest BCUT2D eigenvalue weighted by Gasteiger charge is -2.25. The minimum Gasteiger partial charge on any atom is -0.392 e. The van der Waals surface area contributed by atoms with Crippen LogP contribution in [0.1, 0.15) is 112 Å². The summed E-state index contributed by atoms with van der Waals surface area (Å²) in [6.07, 6.45) is 10.5. The zero-order chi connectivity index (χ0) is 24.8. The maximum absolute atomic E-state index is 10.5. The fraction of sp³-hybridized carbons (Fsp3) is 0.562. The Labute approximate surface area is 207 Å². The fourth-order valence-corrected chi connectivity index (χ4v) is 6.30. The molecular formula is C32H46O2. The molecule has 0 amide bonds. The Morgan fingerprint density at radius 3 is 1.03 bits per heavy atom. The molecule has 0 radical (unpaired) electrons. The Balaban J connectivity index is 2.60. The van der Waals surface area contributed by atoms with Crippen LogP contribution >= 0.6 is 0 Å². The van der Waals surface area contributed by atoms with E-state index in [4.69, 9.17) is 0 Å². The van der Waals surface area contributed by atoms with E-state index in [9.17, 15) is 10.2 Å². The van der Waals surface area contributed by atoms with Crippen molar-refractivity contribution in [2.45, 2.75) is 119 Å². The highest BCUT2D eigenvalue weighted by Gasteiger charge is 2.22. The molecule has 2 heteroatoms. The summed E-state index contributed by atoms with van der Waals surface area (Å²) in [5.41, 5.74) is 10.6. The van der Waals surface area contributed by atoms with Gasteiger partial charge in [-0.15, -0.1) is 0 Å². The molecular weight excluding hydrogens is 416 g/mol. The highest BCUT2D eigenvalue weighted by Crippen LogP contribution is 2.40. The van der Waals surface area contributed by atoms with Gasteiger partial charge in [-0.2, -0.15) is 0 Å². The molecule has 0 unspecified atom stereocenters.